The van der Waals surface area contributed by atoms with Crippen LogP contribution in [0, 0.1) is 12.7 Å². The Hall–Kier alpha value is -1.15. The van der Waals surface area contributed by atoms with Crippen LogP contribution in [-0.4, -0.2) is 6.54 Å². The van der Waals surface area contributed by atoms with Crippen molar-refractivity contribution in [2.24, 2.45) is 0 Å². The molecular formula is C13H18FN. The monoisotopic (exact) mass is 207 g/mol. The van der Waals surface area contributed by atoms with Crippen LogP contribution >= 0.6 is 0 Å². The van der Waals surface area contributed by atoms with Gasteiger partial charge in [0.15, 0.2) is 0 Å². The fourth-order valence-electron chi connectivity index (χ4n) is 1.65. The Morgan fingerprint density at radius 2 is 2.20 bits per heavy atom. The van der Waals surface area contributed by atoms with E-state index in [1.807, 2.05) is 26.0 Å². The minimum Gasteiger partial charge on any atom is -0.307 e. The molecule has 1 N–H and O–H groups in total. The maximum atomic E-state index is 13.9. The summed E-state index contributed by atoms with van der Waals surface area (Å²) in [6.07, 6.45) is 0. The number of rotatable bonds is 4. The van der Waals surface area contributed by atoms with Crippen LogP contribution in [0.1, 0.15) is 31.0 Å². The van der Waals surface area contributed by atoms with Gasteiger partial charge in [-0.25, -0.2) is 4.39 Å². The van der Waals surface area contributed by atoms with Gasteiger partial charge in [-0.3, -0.25) is 0 Å². The van der Waals surface area contributed by atoms with Crippen LogP contribution in [0.5, 0.6) is 0 Å². The average molecular weight is 207 g/mol. The van der Waals surface area contributed by atoms with Crippen LogP contribution in [-0.2, 0) is 0 Å². The van der Waals surface area contributed by atoms with Gasteiger partial charge in [-0.15, -0.1) is 0 Å². The third-order valence-corrected chi connectivity index (χ3v) is 2.43. The fraction of sp³-hybridized carbons (Fsp3) is 0.385. The Balaban J connectivity index is 3.11. The van der Waals surface area contributed by atoms with Crippen molar-refractivity contribution in [2.75, 3.05) is 6.54 Å². The maximum absolute atomic E-state index is 13.9. The molecule has 1 nitrogen and oxygen atoms in total. The highest BCUT2D eigenvalue weighted by molar-refractivity contribution is 5.31. The molecule has 0 aliphatic rings. The van der Waals surface area contributed by atoms with Gasteiger partial charge in [0.1, 0.15) is 5.82 Å². The van der Waals surface area contributed by atoms with Crippen molar-refractivity contribution in [2.45, 2.75) is 26.8 Å². The van der Waals surface area contributed by atoms with Crippen LogP contribution in [0.2, 0.25) is 0 Å². The van der Waals surface area contributed by atoms with E-state index >= 15 is 0 Å². The second kappa shape index (κ2) is 5.08. The smallest absolute Gasteiger partial charge is 0.131 e. The molecule has 0 heterocycles. The molecule has 0 saturated heterocycles. The maximum Gasteiger partial charge on any atom is 0.131 e. The van der Waals surface area contributed by atoms with E-state index in [1.54, 1.807) is 13.0 Å². The molecule has 1 aromatic carbocycles. The number of nitrogens with one attached hydrogen (secondary N) is 1. The molecule has 1 rings (SSSR count). The highest BCUT2D eigenvalue weighted by Gasteiger charge is 2.15. The summed E-state index contributed by atoms with van der Waals surface area (Å²) >= 11 is 0. The van der Waals surface area contributed by atoms with Crippen molar-refractivity contribution in [3.8, 4) is 0 Å². The molecule has 0 radical (unpaired) electrons. The number of halogens is 1. The van der Waals surface area contributed by atoms with Crippen molar-refractivity contribution in [3.05, 3.63) is 47.3 Å². The van der Waals surface area contributed by atoms with Crippen molar-refractivity contribution < 1.29 is 4.39 Å². The summed E-state index contributed by atoms with van der Waals surface area (Å²) in [7, 11) is 0. The Morgan fingerprint density at radius 1 is 1.53 bits per heavy atom. The van der Waals surface area contributed by atoms with Gasteiger partial charge in [-0.1, -0.05) is 37.3 Å². The second-order valence-electron chi connectivity index (χ2n) is 3.82. The lowest BCUT2D eigenvalue weighted by Crippen LogP contribution is -2.22. The number of hydrogen-bond acceptors (Lipinski definition) is 1. The number of aryl methyl sites for hydroxylation is 1. The number of hydrogen-bond donors (Lipinski definition) is 1. The third-order valence-electron chi connectivity index (χ3n) is 2.43. The topological polar surface area (TPSA) is 12.0 Å². The van der Waals surface area contributed by atoms with E-state index in [0.717, 1.165) is 12.1 Å². The minimum absolute atomic E-state index is 0.0881. The normalized spacial score (nSPS) is 12.5. The van der Waals surface area contributed by atoms with Crippen LogP contribution in [0.3, 0.4) is 0 Å². The lowest BCUT2D eigenvalue weighted by molar-refractivity contribution is 0.549. The van der Waals surface area contributed by atoms with E-state index in [2.05, 4.69) is 11.9 Å². The van der Waals surface area contributed by atoms with Crippen LogP contribution in [0.4, 0.5) is 4.39 Å². The zero-order valence-electron chi connectivity index (χ0n) is 9.60. The summed E-state index contributed by atoms with van der Waals surface area (Å²) in [5.41, 5.74) is 2.29. The van der Waals surface area contributed by atoms with Gasteiger partial charge in [0.2, 0.25) is 0 Å². The first-order chi connectivity index (χ1) is 7.07. The molecule has 0 saturated carbocycles. The minimum atomic E-state index is -0.133. The van der Waals surface area contributed by atoms with E-state index in [0.29, 0.717) is 11.1 Å². The SMILES string of the molecule is C=C(C)C(NCC)c1cccc(C)c1F. The lowest BCUT2D eigenvalue weighted by atomic mass is 9.98. The van der Waals surface area contributed by atoms with Crippen LogP contribution in [0.25, 0.3) is 0 Å². The predicted octanol–water partition coefficient (Wildman–Crippen LogP) is 3.36. The summed E-state index contributed by atoms with van der Waals surface area (Å²) in [5.74, 6) is -0.133. The number of likely N-dealkylation sites (N-methyl/N-ethyl adjacent to an activating group) is 1. The lowest BCUT2D eigenvalue weighted by Gasteiger charge is -2.19. The average Bonchev–Trinajstić information content (AvgIpc) is 2.19. The molecule has 2 heteroatoms. The standard InChI is InChI=1S/C13H18FN/c1-5-15-13(9(2)3)11-8-6-7-10(4)12(11)14/h6-8,13,15H,2,5H2,1,3-4H3. The highest BCUT2D eigenvalue weighted by Crippen LogP contribution is 2.24. The first-order valence-electron chi connectivity index (χ1n) is 5.21. The molecule has 0 bridgehead atoms. The van der Waals surface area contributed by atoms with Gasteiger partial charge < -0.3 is 5.32 Å². The zero-order valence-corrected chi connectivity index (χ0v) is 9.60. The van der Waals surface area contributed by atoms with Crippen molar-refractivity contribution in [1.82, 2.24) is 5.32 Å². The van der Waals surface area contributed by atoms with Crippen molar-refractivity contribution >= 4 is 0 Å². The molecule has 1 unspecified atom stereocenters. The van der Waals surface area contributed by atoms with E-state index in [-0.39, 0.29) is 11.9 Å². The Morgan fingerprint density at radius 3 is 2.73 bits per heavy atom. The molecule has 82 valence electrons. The van der Waals surface area contributed by atoms with Gasteiger partial charge in [0.25, 0.3) is 0 Å². The van der Waals surface area contributed by atoms with Gasteiger partial charge in [0.05, 0.1) is 6.04 Å². The summed E-state index contributed by atoms with van der Waals surface area (Å²) in [4.78, 5) is 0. The van der Waals surface area contributed by atoms with Gasteiger partial charge in [-0.2, -0.15) is 0 Å². The first-order valence-corrected chi connectivity index (χ1v) is 5.21. The summed E-state index contributed by atoms with van der Waals surface area (Å²) in [6.45, 7) is 10.4. The quantitative estimate of drug-likeness (QED) is 0.746. The van der Waals surface area contributed by atoms with Gasteiger partial charge in [0, 0.05) is 5.56 Å². The summed E-state index contributed by atoms with van der Waals surface area (Å²) in [6, 6.07) is 5.38. The fourth-order valence-corrected chi connectivity index (χ4v) is 1.65. The first kappa shape index (κ1) is 11.9. The zero-order chi connectivity index (χ0) is 11.4. The molecule has 0 aliphatic heterocycles. The Labute approximate surface area is 91.0 Å². The molecule has 0 spiro atoms. The van der Waals surface area contributed by atoms with E-state index in [9.17, 15) is 4.39 Å². The van der Waals surface area contributed by atoms with Gasteiger partial charge >= 0.3 is 0 Å². The molecule has 1 aromatic rings. The molecule has 0 aromatic heterocycles. The molecule has 1 atom stereocenters. The highest BCUT2D eigenvalue weighted by atomic mass is 19.1. The predicted molar refractivity (Wildman–Crippen MR) is 62.4 cm³/mol. The molecule has 0 amide bonds. The molecular weight excluding hydrogens is 189 g/mol. The largest absolute Gasteiger partial charge is 0.307 e. The Bertz CT molecular complexity index is 358. The molecule has 0 aliphatic carbocycles. The Kier molecular flexibility index (Phi) is 4.04. The van der Waals surface area contributed by atoms with E-state index in [4.69, 9.17) is 0 Å². The van der Waals surface area contributed by atoms with Crippen LogP contribution < -0.4 is 5.32 Å². The number of benzene rings is 1. The second-order valence-corrected chi connectivity index (χ2v) is 3.82. The summed E-state index contributed by atoms with van der Waals surface area (Å²) in [5, 5.41) is 3.23. The van der Waals surface area contributed by atoms with Crippen LogP contribution in [0.15, 0.2) is 30.4 Å². The van der Waals surface area contributed by atoms with E-state index < -0.39 is 0 Å². The van der Waals surface area contributed by atoms with Crippen molar-refractivity contribution in [1.29, 1.82) is 0 Å². The molecule has 15 heavy (non-hydrogen) atoms. The molecule has 0 fully saturated rings. The van der Waals surface area contributed by atoms with Crippen molar-refractivity contribution in [3.63, 3.8) is 0 Å². The third kappa shape index (κ3) is 2.66. The van der Waals surface area contributed by atoms with Gasteiger partial charge in [-0.05, 0) is 26.0 Å². The van der Waals surface area contributed by atoms with E-state index in [1.165, 1.54) is 0 Å². The summed E-state index contributed by atoms with van der Waals surface area (Å²) < 4.78 is 13.9.